The number of ether oxygens (including phenoxy) is 1. The molecule has 1 fully saturated rings. The summed E-state index contributed by atoms with van der Waals surface area (Å²) in [5.74, 6) is 2.16. The van der Waals surface area contributed by atoms with Crippen molar-refractivity contribution >= 4 is 11.9 Å². The van der Waals surface area contributed by atoms with Crippen LogP contribution < -0.4 is 20.7 Å². The molecule has 0 radical (unpaired) electrons. The van der Waals surface area contributed by atoms with Gasteiger partial charge in [0, 0.05) is 18.5 Å². The SMILES string of the molecule is CCNC(=NCC(=O)NCc1ccco1)NC1CC2(CCCC2)Oc2ccccc21. The molecule has 1 aromatic heterocycles. The van der Waals surface area contributed by atoms with Crippen molar-refractivity contribution in [2.24, 2.45) is 4.99 Å². The van der Waals surface area contributed by atoms with E-state index in [1.54, 1.807) is 12.3 Å². The van der Waals surface area contributed by atoms with E-state index in [9.17, 15) is 4.79 Å². The molecule has 3 N–H and O–H groups in total. The molecule has 30 heavy (non-hydrogen) atoms. The van der Waals surface area contributed by atoms with Crippen molar-refractivity contribution < 1.29 is 13.9 Å². The van der Waals surface area contributed by atoms with Crippen LogP contribution in [0.25, 0.3) is 0 Å². The fourth-order valence-electron chi connectivity index (χ4n) is 4.36. The quantitative estimate of drug-likeness (QED) is 0.502. The van der Waals surface area contributed by atoms with E-state index in [0.29, 0.717) is 12.5 Å². The van der Waals surface area contributed by atoms with E-state index in [0.717, 1.165) is 42.9 Å². The summed E-state index contributed by atoms with van der Waals surface area (Å²) in [4.78, 5) is 16.7. The fourth-order valence-corrected chi connectivity index (χ4v) is 4.36. The van der Waals surface area contributed by atoms with Crippen molar-refractivity contribution in [3.8, 4) is 5.75 Å². The number of hydrogen-bond donors (Lipinski definition) is 3. The van der Waals surface area contributed by atoms with Gasteiger partial charge in [-0.15, -0.1) is 0 Å². The monoisotopic (exact) mass is 410 g/mol. The van der Waals surface area contributed by atoms with Crippen LogP contribution in [0.5, 0.6) is 5.75 Å². The predicted molar refractivity (Wildman–Crippen MR) is 115 cm³/mol. The molecule has 1 aromatic carbocycles. The molecule has 2 aliphatic rings. The van der Waals surface area contributed by atoms with E-state index in [2.05, 4.69) is 33.1 Å². The zero-order valence-electron chi connectivity index (χ0n) is 17.4. The maximum Gasteiger partial charge on any atom is 0.242 e. The standard InChI is InChI=1S/C23H30N4O3/c1-2-24-22(26-16-21(28)25-15-17-8-7-13-29-17)27-19-14-23(11-5-6-12-23)30-20-10-4-3-9-18(19)20/h3-4,7-10,13,19H,2,5-6,11-12,14-16H2,1H3,(H,25,28)(H2,24,26,27). The predicted octanol–water partition coefficient (Wildman–Crippen LogP) is 3.29. The maximum atomic E-state index is 12.2. The highest BCUT2D eigenvalue weighted by Crippen LogP contribution is 2.46. The summed E-state index contributed by atoms with van der Waals surface area (Å²) < 4.78 is 11.7. The van der Waals surface area contributed by atoms with Crippen molar-refractivity contribution in [2.45, 2.75) is 57.2 Å². The van der Waals surface area contributed by atoms with Crippen molar-refractivity contribution in [2.75, 3.05) is 13.1 Å². The Labute approximate surface area is 177 Å². The molecule has 1 saturated carbocycles. The highest BCUT2D eigenvalue weighted by atomic mass is 16.5. The lowest BCUT2D eigenvalue weighted by Crippen LogP contribution is -2.47. The summed E-state index contributed by atoms with van der Waals surface area (Å²) in [5, 5.41) is 9.64. The molecule has 1 aliphatic carbocycles. The lowest BCUT2D eigenvalue weighted by molar-refractivity contribution is -0.119. The molecule has 2 aromatic rings. The van der Waals surface area contributed by atoms with E-state index in [1.807, 2.05) is 25.1 Å². The Kier molecular flexibility index (Phi) is 6.26. The summed E-state index contributed by atoms with van der Waals surface area (Å²) in [6, 6.07) is 11.9. The van der Waals surface area contributed by atoms with Crippen molar-refractivity contribution in [1.29, 1.82) is 0 Å². The molecular weight excluding hydrogens is 380 g/mol. The van der Waals surface area contributed by atoms with Gasteiger partial charge in [0.15, 0.2) is 5.96 Å². The topological polar surface area (TPSA) is 87.9 Å². The lowest BCUT2D eigenvalue weighted by atomic mass is 9.86. The second kappa shape index (κ2) is 9.24. The molecule has 160 valence electrons. The number of nitrogens with zero attached hydrogens (tertiary/aromatic N) is 1. The van der Waals surface area contributed by atoms with Gasteiger partial charge in [0.2, 0.25) is 5.91 Å². The first-order valence-electron chi connectivity index (χ1n) is 10.8. The second-order valence-electron chi connectivity index (χ2n) is 7.98. The van der Waals surface area contributed by atoms with Crippen LogP contribution >= 0.6 is 0 Å². The summed E-state index contributed by atoms with van der Waals surface area (Å²) in [5.41, 5.74) is 1.05. The molecule has 7 nitrogen and oxygen atoms in total. The van der Waals surface area contributed by atoms with Crippen LogP contribution in [0, 0.1) is 0 Å². The van der Waals surface area contributed by atoms with Crippen LogP contribution in [0.3, 0.4) is 0 Å². The number of nitrogens with one attached hydrogen (secondary N) is 3. The Bertz CT molecular complexity index is 872. The van der Waals surface area contributed by atoms with Crippen LogP contribution in [0.4, 0.5) is 0 Å². The van der Waals surface area contributed by atoms with Crippen molar-refractivity contribution in [3.05, 3.63) is 54.0 Å². The fraction of sp³-hybridized carbons (Fsp3) is 0.478. The number of hydrogen-bond acceptors (Lipinski definition) is 4. The van der Waals surface area contributed by atoms with E-state index in [4.69, 9.17) is 9.15 Å². The van der Waals surface area contributed by atoms with E-state index in [-0.39, 0.29) is 24.1 Å². The largest absolute Gasteiger partial charge is 0.487 e. The first-order valence-corrected chi connectivity index (χ1v) is 10.8. The highest BCUT2D eigenvalue weighted by Gasteiger charge is 2.43. The number of para-hydroxylation sites is 1. The molecule has 1 spiro atoms. The summed E-state index contributed by atoms with van der Waals surface area (Å²) >= 11 is 0. The van der Waals surface area contributed by atoms with Gasteiger partial charge in [-0.1, -0.05) is 18.2 Å². The first kappa shape index (κ1) is 20.3. The van der Waals surface area contributed by atoms with Crippen LogP contribution in [0.1, 0.15) is 56.4 Å². The summed E-state index contributed by atoms with van der Waals surface area (Å²) in [6.45, 7) is 3.15. The molecule has 1 amide bonds. The van der Waals surface area contributed by atoms with Crippen LogP contribution in [0.2, 0.25) is 0 Å². The molecule has 7 heteroatoms. The van der Waals surface area contributed by atoms with Gasteiger partial charge in [-0.3, -0.25) is 4.79 Å². The Morgan fingerprint density at radius 3 is 2.77 bits per heavy atom. The molecule has 1 unspecified atom stereocenters. The number of furan rings is 1. The van der Waals surface area contributed by atoms with Crippen molar-refractivity contribution in [1.82, 2.24) is 16.0 Å². The van der Waals surface area contributed by atoms with Gasteiger partial charge in [-0.25, -0.2) is 4.99 Å². The molecule has 0 bridgehead atoms. The van der Waals surface area contributed by atoms with Gasteiger partial charge in [0.25, 0.3) is 0 Å². The van der Waals surface area contributed by atoms with Crippen molar-refractivity contribution in [3.63, 3.8) is 0 Å². The minimum atomic E-state index is -0.150. The molecular formula is C23H30N4O3. The third-order valence-corrected chi connectivity index (χ3v) is 5.79. The molecule has 2 heterocycles. The number of amides is 1. The minimum absolute atomic E-state index is 0.0477. The second-order valence-corrected chi connectivity index (χ2v) is 7.98. The number of aliphatic imine (C=N–C) groups is 1. The number of guanidine groups is 1. The van der Waals surface area contributed by atoms with Crippen LogP contribution in [-0.2, 0) is 11.3 Å². The van der Waals surface area contributed by atoms with Crippen LogP contribution in [0.15, 0.2) is 52.1 Å². The summed E-state index contributed by atoms with van der Waals surface area (Å²) in [7, 11) is 0. The third kappa shape index (κ3) is 4.78. The van der Waals surface area contributed by atoms with E-state index >= 15 is 0 Å². The highest BCUT2D eigenvalue weighted by molar-refractivity contribution is 5.85. The maximum absolute atomic E-state index is 12.2. The Morgan fingerprint density at radius 2 is 2.00 bits per heavy atom. The Hall–Kier alpha value is -2.96. The molecule has 1 aliphatic heterocycles. The van der Waals surface area contributed by atoms with Gasteiger partial charge in [-0.05, 0) is 50.8 Å². The first-order chi connectivity index (χ1) is 14.7. The normalized spacial score (nSPS) is 19.8. The lowest BCUT2D eigenvalue weighted by Gasteiger charge is -2.40. The van der Waals surface area contributed by atoms with Gasteiger partial charge in [-0.2, -0.15) is 0 Å². The van der Waals surface area contributed by atoms with Gasteiger partial charge in [0.05, 0.1) is 18.8 Å². The Morgan fingerprint density at radius 1 is 1.17 bits per heavy atom. The number of fused-ring (bicyclic) bond motifs is 1. The van der Waals surface area contributed by atoms with Gasteiger partial charge in [0.1, 0.15) is 23.7 Å². The average molecular weight is 411 g/mol. The number of carbonyl (C=O) groups is 1. The van der Waals surface area contributed by atoms with E-state index < -0.39 is 0 Å². The third-order valence-electron chi connectivity index (χ3n) is 5.79. The Balaban J connectivity index is 1.43. The zero-order chi connectivity index (χ0) is 20.8. The zero-order valence-corrected chi connectivity index (χ0v) is 17.4. The number of benzene rings is 1. The molecule has 0 saturated heterocycles. The smallest absolute Gasteiger partial charge is 0.242 e. The van der Waals surface area contributed by atoms with Gasteiger partial charge >= 0.3 is 0 Å². The minimum Gasteiger partial charge on any atom is -0.487 e. The number of carbonyl (C=O) groups excluding carboxylic acids is 1. The van der Waals surface area contributed by atoms with Gasteiger partial charge < -0.3 is 25.1 Å². The summed E-state index contributed by atoms with van der Waals surface area (Å²) in [6.07, 6.45) is 7.08. The average Bonchev–Trinajstić information content (AvgIpc) is 3.43. The van der Waals surface area contributed by atoms with E-state index in [1.165, 1.54) is 12.8 Å². The number of rotatable bonds is 6. The van der Waals surface area contributed by atoms with Crippen LogP contribution in [-0.4, -0.2) is 30.6 Å². The molecule has 4 rings (SSSR count). The molecule has 1 atom stereocenters.